The Hall–Kier alpha value is -0.160. The second-order valence-corrected chi connectivity index (χ2v) is 3.77. The SMILES string of the molecule is NC(CO)CN1CCCCC1CO. The van der Waals surface area contributed by atoms with Gasteiger partial charge in [0.25, 0.3) is 0 Å². The quantitative estimate of drug-likeness (QED) is 0.537. The van der Waals surface area contributed by atoms with Gasteiger partial charge in [-0.15, -0.1) is 0 Å². The summed E-state index contributed by atoms with van der Waals surface area (Å²) in [4.78, 5) is 2.18. The van der Waals surface area contributed by atoms with Crippen LogP contribution in [0.2, 0.25) is 0 Å². The highest BCUT2D eigenvalue weighted by Gasteiger charge is 2.22. The van der Waals surface area contributed by atoms with Gasteiger partial charge in [-0.05, 0) is 19.4 Å². The van der Waals surface area contributed by atoms with E-state index in [9.17, 15) is 0 Å². The fourth-order valence-corrected chi connectivity index (χ4v) is 1.87. The molecular weight excluding hydrogens is 168 g/mol. The summed E-state index contributed by atoms with van der Waals surface area (Å²) in [6, 6.07) is 0.0819. The van der Waals surface area contributed by atoms with E-state index in [1.165, 1.54) is 12.8 Å². The van der Waals surface area contributed by atoms with Crippen molar-refractivity contribution in [3.05, 3.63) is 0 Å². The largest absolute Gasteiger partial charge is 0.395 e. The first-order valence-electron chi connectivity index (χ1n) is 4.99. The zero-order valence-corrected chi connectivity index (χ0v) is 8.02. The molecule has 0 radical (unpaired) electrons. The molecule has 1 aliphatic heterocycles. The first-order chi connectivity index (χ1) is 6.27. The van der Waals surface area contributed by atoms with Crippen molar-refractivity contribution in [1.29, 1.82) is 0 Å². The van der Waals surface area contributed by atoms with Crippen LogP contribution in [0.3, 0.4) is 0 Å². The Morgan fingerprint density at radius 1 is 1.38 bits per heavy atom. The Labute approximate surface area is 79.3 Å². The van der Waals surface area contributed by atoms with Gasteiger partial charge in [-0.3, -0.25) is 4.90 Å². The van der Waals surface area contributed by atoms with Crippen molar-refractivity contribution >= 4 is 0 Å². The predicted octanol–water partition coefficient (Wildman–Crippen LogP) is -0.847. The molecule has 0 spiro atoms. The van der Waals surface area contributed by atoms with Crippen LogP contribution >= 0.6 is 0 Å². The molecule has 0 bridgehead atoms. The standard InChI is InChI=1S/C9H20N2O2/c10-8(6-12)5-11-4-2-1-3-9(11)7-13/h8-9,12-13H,1-7,10H2. The summed E-state index contributed by atoms with van der Waals surface area (Å²) in [5.41, 5.74) is 5.65. The van der Waals surface area contributed by atoms with Crippen molar-refractivity contribution in [2.75, 3.05) is 26.3 Å². The maximum Gasteiger partial charge on any atom is 0.0595 e. The number of aliphatic hydroxyl groups excluding tert-OH is 2. The molecule has 1 saturated heterocycles. The van der Waals surface area contributed by atoms with Gasteiger partial charge in [0.15, 0.2) is 0 Å². The first kappa shape index (κ1) is 10.9. The average Bonchev–Trinajstić information content (AvgIpc) is 2.18. The molecule has 78 valence electrons. The molecule has 4 N–H and O–H groups in total. The van der Waals surface area contributed by atoms with E-state index in [0.717, 1.165) is 13.0 Å². The van der Waals surface area contributed by atoms with Crippen molar-refractivity contribution in [2.45, 2.75) is 31.3 Å². The summed E-state index contributed by atoms with van der Waals surface area (Å²) in [6.07, 6.45) is 3.42. The van der Waals surface area contributed by atoms with Crippen LogP contribution in [-0.4, -0.2) is 53.5 Å². The molecule has 2 atom stereocenters. The monoisotopic (exact) mass is 188 g/mol. The second-order valence-electron chi connectivity index (χ2n) is 3.77. The van der Waals surface area contributed by atoms with E-state index in [-0.39, 0.29) is 25.3 Å². The Kier molecular flexibility index (Phi) is 4.66. The highest BCUT2D eigenvalue weighted by atomic mass is 16.3. The van der Waals surface area contributed by atoms with Crippen LogP contribution in [0.5, 0.6) is 0 Å². The number of piperidine rings is 1. The molecule has 13 heavy (non-hydrogen) atoms. The minimum atomic E-state index is -0.174. The number of nitrogens with zero attached hydrogens (tertiary/aromatic N) is 1. The summed E-state index contributed by atoms with van der Waals surface area (Å²) in [7, 11) is 0. The topological polar surface area (TPSA) is 69.7 Å². The molecular formula is C9H20N2O2. The van der Waals surface area contributed by atoms with Crippen LogP contribution in [0.25, 0.3) is 0 Å². The average molecular weight is 188 g/mol. The van der Waals surface area contributed by atoms with Crippen molar-refractivity contribution in [3.8, 4) is 0 Å². The Morgan fingerprint density at radius 3 is 2.77 bits per heavy atom. The molecule has 0 aromatic rings. The molecule has 0 amide bonds. The van der Waals surface area contributed by atoms with Gasteiger partial charge in [-0.1, -0.05) is 6.42 Å². The molecule has 0 aromatic carbocycles. The number of aliphatic hydroxyl groups is 2. The van der Waals surface area contributed by atoms with Gasteiger partial charge in [-0.2, -0.15) is 0 Å². The van der Waals surface area contributed by atoms with E-state index >= 15 is 0 Å². The lowest BCUT2D eigenvalue weighted by atomic mass is 10.0. The third kappa shape index (κ3) is 3.23. The number of nitrogens with two attached hydrogens (primary N) is 1. The van der Waals surface area contributed by atoms with Crippen LogP contribution in [0.15, 0.2) is 0 Å². The van der Waals surface area contributed by atoms with Gasteiger partial charge in [0, 0.05) is 18.6 Å². The highest BCUT2D eigenvalue weighted by molar-refractivity contribution is 4.79. The molecule has 0 aromatic heterocycles. The van der Waals surface area contributed by atoms with E-state index < -0.39 is 0 Å². The first-order valence-corrected chi connectivity index (χ1v) is 4.99. The fourth-order valence-electron chi connectivity index (χ4n) is 1.87. The van der Waals surface area contributed by atoms with Gasteiger partial charge in [0.2, 0.25) is 0 Å². The summed E-state index contributed by atoms with van der Waals surface area (Å²) >= 11 is 0. The number of rotatable bonds is 4. The second kappa shape index (κ2) is 5.54. The highest BCUT2D eigenvalue weighted by Crippen LogP contribution is 2.16. The van der Waals surface area contributed by atoms with Crippen LogP contribution < -0.4 is 5.73 Å². The van der Waals surface area contributed by atoms with E-state index in [1.54, 1.807) is 0 Å². The van der Waals surface area contributed by atoms with Crippen molar-refractivity contribution < 1.29 is 10.2 Å². The summed E-state index contributed by atoms with van der Waals surface area (Å²) in [5.74, 6) is 0. The molecule has 2 unspecified atom stereocenters. The lowest BCUT2D eigenvalue weighted by Crippen LogP contribution is -2.48. The Balaban J connectivity index is 2.35. The summed E-state index contributed by atoms with van der Waals surface area (Å²) < 4.78 is 0. The van der Waals surface area contributed by atoms with E-state index in [1.807, 2.05) is 0 Å². The Bertz CT molecular complexity index is 144. The van der Waals surface area contributed by atoms with Crippen LogP contribution in [0.1, 0.15) is 19.3 Å². The Morgan fingerprint density at radius 2 is 2.15 bits per heavy atom. The molecule has 1 rings (SSSR count). The lowest BCUT2D eigenvalue weighted by Gasteiger charge is -2.35. The fraction of sp³-hybridized carbons (Fsp3) is 1.00. The molecule has 0 aliphatic carbocycles. The molecule has 1 fully saturated rings. The van der Waals surface area contributed by atoms with Gasteiger partial charge < -0.3 is 15.9 Å². The van der Waals surface area contributed by atoms with Gasteiger partial charge in [0.05, 0.1) is 13.2 Å². The van der Waals surface area contributed by atoms with Crippen LogP contribution in [0, 0.1) is 0 Å². The van der Waals surface area contributed by atoms with Crippen LogP contribution in [-0.2, 0) is 0 Å². The minimum absolute atomic E-state index is 0.0225. The van der Waals surface area contributed by atoms with E-state index in [4.69, 9.17) is 15.9 Å². The van der Waals surface area contributed by atoms with Crippen molar-refractivity contribution in [3.63, 3.8) is 0 Å². The van der Waals surface area contributed by atoms with Crippen LogP contribution in [0.4, 0.5) is 0 Å². The number of hydrogen-bond donors (Lipinski definition) is 3. The third-order valence-corrected chi connectivity index (χ3v) is 2.66. The van der Waals surface area contributed by atoms with E-state index in [0.29, 0.717) is 6.54 Å². The van der Waals surface area contributed by atoms with Gasteiger partial charge >= 0.3 is 0 Å². The normalized spacial score (nSPS) is 27.5. The third-order valence-electron chi connectivity index (χ3n) is 2.66. The molecule has 4 nitrogen and oxygen atoms in total. The molecule has 0 saturated carbocycles. The van der Waals surface area contributed by atoms with Crippen molar-refractivity contribution in [2.24, 2.45) is 5.73 Å². The predicted molar refractivity (Wildman–Crippen MR) is 51.4 cm³/mol. The maximum atomic E-state index is 9.10. The maximum absolute atomic E-state index is 9.10. The molecule has 1 aliphatic rings. The zero-order chi connectivity index (χ0) is 9.68. The number of hydrogen-bond acceptors (Lipinski definition) is 4. The van der Waals surface area contributed by atoms with E-state index in [2.05, 4.69) is 4.90 Å². The smallest absolute Gasteiger partial charge is 0.0595 e. The zero-order valence-electron chi connectivity index (χ0n) is 8.02. The van der Waals surface area contributed by atoms with Crippen molar-refractivity contribution in [1.82, 2.24) is 4.90 Å². The molecule has 4 heteroatoms. The van der Waals surface area contributed by atoms with Gasteiger partial charge in [-0.25, -0.2) is 0 Å². The number of likely N-dealkylation sites (tertiary alicyclic amines) is 1. The summed E-state index contributed by atoms with van der Waals surface area (Å²) in [5, 5.41) is 17.9. The van der Waals surface area contributed by atoms with Gasteiger partial charge in [0.1, 0.15) is 0 Å². The molecule has 1 heterocycles. The summed E-state index contributed by atoms with van der Waals surface area (Å²) in [6.45, 7) is 1.92. The minimum Gasteiger partial charge on any atom is -0.395 e. The lowest BCUT2D eigenvalue weighted by molar-refractivity contribution is 0.0777.